The van der Waals surface area contributed by atoms with Crippen molar-refractivity contribution < 1.29 is 5.11 Å². The number of hydrogen-bond donors (Lipinski definition) is 1. The van der Waals surface area contributed by atoms with E-state index < -0.39 is 0 Å². The maximum Gasteiger partial charge on any atom is 0.133 e. The van der Waals surface area contributed by atoms with Crippen LogP contribution in [-0.2, 0) is 0 Å². The molecule has 0 saturated carbocycles. The summed E-state index contributed by atoms with van der Waals surface area (Å²) in [7, 11) is 5.81. The fourth-order valence-corrected chi connectivity index (χ4v) is 1.63. The minimum atomic E-state index is 0.291. The first-order chi connectivity index (χ1) is 5.46. The van der Waals surface area contributed by atoms with E-state index in [0.717, 1.165) is 22.2 Å². The highest BCUT2D eigenvalue weighted by Gasteiger charge is 2.10. The molecule has 0 atom stereocenters. The van der Waals surface area contributed by atoms with Crippen LogP contribution in [0.5, 0.6) is 5.75 Å². The van der Waals surface area contributed by atoms with Crippen molar-refractivity contribution >= 4 is 29.2 Å². The molecular weight excluding hydrogens is 215 g/mol. The van der Waals surface area contributed by atoms with Crippen molar-refractivity contribution in [2.45, 2.75) is 20.8 Å². The molecule has 3 heteroatoms. The smallest absolute Gasteiger partial charge is 0.133 e. The van der Waals surface area contributed by atoms with Gasteiger partial charge in [0.1, 0.15) is 13.6 Å². The first-order valence-electron chi connectivity index (χ1n) is 3.70. The van der Waals surface area contributed by atoms with E-state index in [1.807, 2.05) is 20.8 Å². The molecule has 0 fully saturated rings. The minimum Gasteiger partial charge on any atom is -0.506 e. The lowest BCUT2D eigenvalue weighted by Crippen LogP contribution is -2.14. The standard InChI is InChI=1S/C9H10BBrO/c1-4-5(2)9(12)8(11)6(3)7(4)10/h12H,1-3H3. The van der Waals surface area contributed by atoms with E-state index in [-0.39, 0.29) is 0 Å². The summed E-state index contributed by atoms with van der Waals surface area (Å²) in [6.45, 7) is 5.64. The summed E-state index contributed by atoms with van der Waals surface area (Å²) < 4.78 is 0.697. The Morgan fingerprint density at radius 1 is 1.08 bits per heavy atom. The summed E-state index contributed by atoms with van der Waals surface area (Å²) in [5.41, 5.74) is 3.44. The van der Waals surface area contributed by atoms with Crippen molar-refractivity contribution in [3.63, 3.8) is 0 Å². The van der Waals surface area contributed by atoms with Gasteiger partial charge in [-0.15, -0.1) is 0 Å². The fourth-order valence-electron chi connectivity index (χ4n) is 1.12. The number of hydrogen-bond acceptors (Lipinski definition) is 1. The van der Waals surface area contributed by atoms with Gasteiger partial charge in [-0.25, -0.2) is 0 Å². The van der Waals surface area contributed by atoms with Crippen molar-refractivity contribution in [3.05, 3.63) is 21.2 Å². The molecule has 0 heterocycles. The molecule has 0 aromatic heterocycles. The monoisotopic (exact) mass is 224 g/mol. The molecule has 0 aliphatic heterocycles. The van der Waals surface area contributed by atoms with Gasteiger partial charge in [0.2, 0.25) is 0 Å². The molecule has 1 rings (SSSR count). The van der Waals surface area contributed by atoms with E-state index in [9.17, 15) is 5.11 Å². The molecule has 1 aromatic carbocycles. The number of phenols is 1. The van der Waals surface area contributed by atoms with Crippen LogP contribution in [0, 0.1) is 20.8 Å². The zero-order chi connectivity index (χ0) is 9.46. The lowest BCUT2D eigenvalue weighted by Gasteiger charge is -2.13. The van der Waals surface area contributed by atoms with Crippen molar-refractivity contribution in [1.29, 1.82) is 0 Å². The predicted octanol–water partition coefficient (Wildman–Crippen LogP) is 1.87. The minimum absolute atomic E-state index is 0.291. The van der Waals surface area contributed by atoms with Gasteiger partial charge in [-0.2, -0.15) is 0 Å². The SMILES string of the molecule is [B]c1c(C)c(C)c(O)c(Br)c1C. The number of rotatable bonds is 0. The molecule has 1 nitrogen and oxygen atoms in total. The largest absolute Gasteiger partial charge is 0.506 e. The normalized spacial score (nSPS) is 10.3. The van der Waals surface area contributed by atoms with Crippen LogP contribution in [0.3, 0.4) is 0 Å². The topological polar surface area (TPSA) is 20.2 Å². The fraction of sp³-hybridized carbons (Fsp3) is 0.333. The number of benzene rings is 1. The van der Waals surface area contributed by atoms with Gasteiger partial charge < -0.3 is 5.11 Å². The Labute approximate surface area is 82.3 Å². The summed E-state index contributed by atoms with van der Waals surface area (Å²) in [5.74, 6) is 0.291. The molecule has 62 valence electrons. The highest BCUT2D eigenvalue weighted by Crippen LogP contribution is 2.31. The van der Waals surface area contributed by atoms with Crippen LogP contribution in [0.2, 0.25) is 0 Å². The number of phenolic OH excluding ortho intramolecular Hbond substituents is 1. The maximum absolute atomic E-state index is 9.59. The highest BCUT2D eigenvalue weighted by molar-refractivity contribution is 9.10. The van der Waals surface area contributed by atoms with Crippen LogP contribution in [0.4, 0.5) is 0 Å². The molecule has 0 aliphatic carbocycles. The zero-order valence-electron chi connectivity index (χ0n) is 7.40. The van der Waals surface area contributed by atoms with E-state index >= 15 is 0 Å². The summed E-state index contributed by atoms with van der Waals surface area (Å²) in [6.07, 6.45) is 0. The third-order valence-electron chi connectivity index (χ3n) is 2.26. The summed E-state index contributed by atoms with van der Waals surface area (Å²) >= 11 is 3.28. The third kappa shape index (κ3) is 1.26. The maximum atomic E-state index is 9.59. The molecule has 2 radical (unpaired) electrons. The second kappa shape index (κ2) is 3.13. The van der Waals surface area contributed by atoms with Gasteiger partial charge in [-0.05, 0) is 47.8 Å². The molecule has 0 amide bonds. The van der Waals surface area contributed by atoms with E-state index in [1.165, 1.54) is 0 Å². The zero-order valence-corrected chi connectivity index (χ0v) is 8.99. The van der Waals surface area contributed by atoms with Crippen LogP contribution in [-0.4, -0.2) is 13.0 Å². The van der Waals surface area contributed by atoms with Crippen molar-refractivity contribution in [2.75, 3.05) is 0 Å². The third-order valence-corrected chi connectivity index (χ3v) is 3.23. The number of aromatic hydroxyl groups is 1. The van der Waals surface area contributed by atoms with Crippen molar-refractivity contribution in [3.8, 4) is 5.75 Å². The van der Waals surface area contributed by atoms with Crippen molar-refractivity contribution in [1.82, 2.24) is 0 Å². The molecule has 0 saturated heterocycles. The lowest BCUT2D eigenvalue weighted by atomic mass is 9.84. The molecule has 0 unspecified atom stereocenters. The number of halogens is 1. The molecule has 1 aromatic rings. The predicted molar refractivity (Wildman–Crippen MR) is 55.4 cm³/mol. The van der Waals surface area contributed by atoms with Crippen LogP contribution in [0.25, 0.3) is 0 Å². The van der Waals surface area contributed by atoms with Gasteiger partial charge in [0.05, 0.1) is 4.47 Å². The highest BCUT2D eigenvalue weighted by atomic mass is 79.9. The van der Waals surface area contributed by atoms with Gasteiger partial charge in [0, 0.05) is 0 Å². The van der Waals surface area contributed by atoms with E-state index in [1.54, 1.807) is 0 Å². The van der Waals surface area contributed by atoms with Gasteiger partial charge in [0.25, 0.3) is 0 Å². The summed E-state index contributed by atoms with van der Waals surface area (Å²) in [4.78, 5) is 0. The van der Waals surface area contributed by atoms with Crippen LogP contribution in [0.1, 0.15) is 16.7 Å². The Morgan fingerprint density at radius 2 is 1.58 bits per heavy atom. The summed E-state index contributed by atoms with van der Waals surface area (Å²) in [6, 6.07) is 0. The Kier molecular flexibility index (Phi) is 2.52. The van der Waals surface area contributed by atoms with Gasteiger partial charge in [-0.1, -0.05) is 11.0 Å². The van der Waals surface area contributed by atoms with Gasteiger partial charge >= 0.3 is 0 Å². The molecular formula is C9H10BBrO. The first-order valence-corrected chi connectivity index (χ1v) is 4.49. The van der Waals surface area contributed by atoms with Crippen LogP contribution >= 0.6 is 15.9 Å². The molecule has 0 spiro atoms. The van der Waals surface area contributed by atoms with Crippen LogP contribution in [0.15, 0.2) is 4.47 Å². The average molecular weight is 225 g/mol. The quantitative estimate of drug-likeness (QED) is 0.668. The van der Waals surface area contributed by atoms with Crippen molar-refractivity contribution in [2.24, 2.45) is 0 Å². The molecule has 1 N–H and O–H groups in total. The van der Waals surface area contributed by atoms with Gasteiger partial charge in [0.15, 0.2) is 0 Å². The Bertz CT molecular complexity index is 229. The second-order valence-electron chi connectivity index (χ2n) is 2.95. The van der Waals surface area contributed by atoms with Crippen LogP contribution < -0.4 is 5.46 Å². The van der Waals surface area contributed by atoms with Gasteiger partial charge in [-0.3, -0.25) is 0 Å². The first kappa shape index (κ1) is 9.65. The van der Waals surface area contributed by atoms with E-state index in [2.05, 4.69) is 15.9 Å². The average Bonchev–Trinajstić information content (AvgIpc) is 2.08. The molecule has 0 aliphatic rings. The lowest BCUT2D eigenvalue weighted by molar-refractivity contribution is 0.467. The molecule has 12 heavy (non-hydrogen) atoms. The Morgan fingerprint density at radius 3 is 2.08 bits per heavy atom. The summed E-state index contributed by atoms with van der Waals surface area (Å²) in [5, 5.41) is 9.59. The van der Waals surface area contributed by atoms with E-state index in [4.69, 9.17) is 7.85 Å². The molecule has 0 bridgehead atoms. The van der Waals surface area contributed by atoms with E-state index in [0.29, 0.717) is 10.2 Å². The second-order valence-corrected chi connectivity index (χ2v) is 3.74. The Balaban J connectivity index is 3.60. The Hall–Kier alpha value is -0.435.